The van der Waals surface area contributed by atoms with Crippen LogP contribution in [-0.4, -0.2) is 11.5 Å². The van der Waals surface area contributed by atoms with Crippen molar-refractivity contribution in [3.63, 3.8) is 0 Å². The SMILES string of the molecule is Brc1csc(NCCC2CCCCC2)n1. The predicted molar refractivity (Wildman–Crippen MR) is 69.5 cm³/mol. The molecule has 0 saturated heterocycles. The molecular weight excluding hydrogens is 272 g/mol. The summed E-state index contributed by atoms with van der Waals surface area (Å²) in [5.74, 6) is 0.953. The third kappa shape index (κ3) is 3.76. The van der Waals surface area contributed by atoms with E-state index in [2.05, 4.69) is 26.2 Å². The molecule has 2 rings (SSSR count). The smallest absolute Gasteiger partial charge is 0.183 e. The van der Waals surface area contributed by atoms with Crippen LogP contribution in [0.25, 0.3) is 0 Å². The van der Waals surface area contributed by atoms with Crippen LogP contribution < -0.4 is 5.32 Å². The maximum atomic E-state index is 4.32. The van der Waals surface area contributed by atoms with E-state index < -0.39 is 0 Å². The van der Waals surface area contributed by atoms with Crippen molar-refractivity contribution in [2.45, 2.75) is 38.5 Å². The predicted octanol–water partition coefficient (Wildman–Crippen LogP) is 4.29. The third-order valence-electron chi connectivity index (χ3n) is 3.03. The zero-order chi connectivity index (χ0) is 10.5. The minimum absolute atomic E-state index is 0.938. The number of rotatable bonds is 4. The van der Waals surface area contributed by atoms with Gasteiger partial charge in [-0.1, -0.05) is 32.1 Å². The number of nitrogens with zero attached hydrogens (tertiary/aromatic N) is 1. The van der Waals surface area contributed by atoms with Crippen molar-refractivity contribution in [1.29, 1.82) is 0 Å². The molecule has 4 heteroatoms. The number of hydrogen-bond donors (Lipinski definition) is 1. The lowest BCUT2D eigenvalue weighted by molar-refractivity contribution is 0.345. The van der Waals surface area contributed by atoms with E-state index in [0.29, 0.717) is 0 Å². The average Bonchev–Trinajstić information content (AvgIpc) is 2.66. The van der Waals surface area contributed by atoms with Crippen LogP contribution in [0.5, 0.6) is 0 Å². The molecule has 1 fully saturated rings. The van der Waals surface area contributed by atoms with Gasteiger partial charge in [0.05, 0.1) is 0 Å². The minimum atomic E-state index is 0.938. The van der Waals surface area contributed by atoms with Crippen molar-refractivity contribution >= 4 is 32.4 Å². The number of thiazole rings is 1. The summed E-state index contributed by atoms with van der Waals surface area (Å²) < 4.78 is 0.938. The van der Waals surface area contributed by atoms with Gasteiger partial charge < -0.3 is 5.32 Å². The van der Waals surface area contributed by atoms with Gasteiger partial charge in [0.15, 0.2) is 5.13 Å². The zero-order valence-electron chi connectivity index (χ0n) is 8.84. The number of halogens is 1. The molecule has 1 aliphatic rings. The second kappa shape index (κ2) is 5.85. The van der Waals surface area contributed by atoms with Gasteiger partial charge in [-0.3, -0.25) is 0 Å². The summed E-state index contributed by atoms with van der Waals surface area (Å²) >= 11 is 5.03. The van der Waals surface area contributed by atoms with E-state index in [9.17, 15) is 0 Å². The lowest BCUT2D eigenvalue weighted by Crippen LogP contribution is -2.11. The highest BCUT2D eigenvalue weighted by Crippen LogP contribution is 2.26. The van der Waals surface area contributed by atoms with Crippen molar-refractivity contribution in [2.24, 2.45) is 5.92 Å². The summed E-state index contributed by atoms with van der Waals surface area (Å²) in [6, 6.07) is 0. The lowest BCUT2D eigenvalue weighted by atomic mass is 9.87. The van der Waals surface area contributed by atoms with Crippen LogP contribution in [0.4, 0.5) is 5.13 Å². The Morgan fingerprint density at radius 3 is 2.87 bits per heavy atom. The Labute approximate surface area is 104 Å². The van der Waals surface area contributed by atoms with Crippen LogP contribution in [-0.2, 0) is 0 Å². The molecule has 0 aliphatic heterocycles. The minimum Gasteiger partial charge on any atom is -0.361 e. The summed E-state index contributed by atoms with van der Waals surface area (Å²) in [6.45, 7) is 1.07. The second-order valence-corrected chi connectivity index (χ2v) is 5.87. The van der Waals surface area contributed by atoms with E-state index in [-0.39, 0.29) is 0 Å². The molecule has 0 radical (unpaired) electrons. The number of nitrogens with one attached hydrogen (secondary N) is 1. The molecule has 0 unspecified atom stereocenters. The van der Waals surface area contributed by atoms with Gasteiger partial charge in [-0.05, 0) is 28.3 Å². The zero-order valence-corrected chi connectivity index (χ0v) is 11.2. The molecule has 84 valence electrons. The second-order valence-electron chi connectivity index (χ2n) is 4.19. The van der Waals surface area contributed by atoms with Crippen molar-refractivity contribution in [2.75, 3.05) is 11.9 Å². The first-order valence-electron chi connectivity index (χ1n) is 5.69. The third-order valence-corrected chi connectivity index (χ3v) is 4.54. The summed E-state index contributed by atoms with van der Waals surface area (Å²) in [5, 5.41) is 6.45. The fourth-order valence-electron chi connectivity index (χ4n) is 2.19. The summed E-state index contributed by atoms with van der Waals surface area (Å²) in [7, 11) is 0. The first kappa shape index (κ1) is 11.4. The van der Waals surface area contributed by atoms with Gasteiger partial charge in [0.1, 0.15) is 4.60 Å². The monoisotopic (exact) mass is 288 g/mol. The fraction of sp³-hybridized carbons (Fsp3) is 0.727. The molecule has 1 N–H and O–H groups in total. The number of anilines is 1. The molecule has 1 aromatic heterocycles. The van der Waals surface area contributed by atoms with Gasteiger partial charge in [-0.25, -0.2) is 4.98 Å². The normalized spacial score (nSPS) is 17.9. The van der Waals surface area contributed by atoms with Gasteiger partial charge in [0.25, 0.3) is 0 Å². The molecule has 15 heavy (non-hydrogen) atoms. The highest BCUT2D eigenvalue weighted by Gasteiger charge is 2.12. The van der Waals surface area contributed by atoms with E-state index in [1.54, 1.807) is 11.3 Å². The number of aromatic nitrogens is 1. The van der Waals surface area contributed by atoms with E-state index >= 15 is 0 Å². The van der Waals surface area contributed by atoms with Gasteiger partial charge in [-0.15, -0.1) is 11.3 Å². The highest BCUT2D eigenvalue weighted by atomic mass is 79.9. The Balaban J connectivity index is 1.65. The molecule has 2 nitrogen and oxygen atoms in total. The van der Waals surface area contributed by atoms with E-state index in [0.717, 1.165) is 22.2 Å². The van der Waals surface area contributed by atoms with Crippen molar-refractivity contribution in [3.8, 4) is 0 Å². The molecule has 0 amide bonds. The van der Waals surface area contributed by atoms with E-state index in [4.69, 9.17) is 0 Å². The first-order chi connectivity index (χ1) is 7.34. The molecule has 1 aromatic rings. The van der Waals surface area contributed by atoms with Crippen molar-refractivity contribution in [1.82, 2.24) is 4.98 Å². The maximum Gasteiger partial charge on any atom is 0.183 e. The van der Waals surface area contributed by atoms with Crippen LogP contribution in [0.3, 0.4) is 0 Å². The number of hydrogen-bond acceptors (Lipinski definition) is 3. The van der Waals surface area contributed by atoms with Crippen LogP contribution in [0.1, 0.15) is 38.5 Å². The van der Waals surface area contributed by atoms with Crippen LogP contribution >= 0.6 is 27.3 Å². The summed E-state index contributed by atoms with van der Waals surface area (Å²) in [6.07, 6.45) is 8.49. The van der Waals surface area contributed by atoms with Gasteiger partial charge in [-0.2, -0.15) is 0 Å². The molecule has 0 aromatic carbocycles. The topological polar surface area (TPSA) is 24.9 Å². The molecule has 1 heterocycles. The van der Waals surface area contributed by atoms with Crippen molar-refractivity contribution in [3.05, 3.63) is 9.98 Å². The molecule has 1 aliphatic carbocycles. The summed E-state index contributed by atoms with van der Waals surface area (Å²) in [4.78, 5) is 4.32. The Morgan fingerprint density at radius 1 is 1.40 bits per heavy atom. The van der Waals surface area contributed by atoms with Gasteiger partial charge >= 0.3 is 0 Å². The Bertz CT molecular complexity index is 295. The molecular formula is C11H17BrN2S. The van der Waals surface area contributed by atoms with Crippen molar-refractivity contribution < 1.29 is 0 Å². The highest BCUT2D eigenvalue weighted by molar-refractivity contribution is 9.10. The Hall–Kier alpha value is -0.0900. The van der Waals surface area contributed by atoms with Crippen LogP contribution in [0.15, 0.2) is 9.98 Å². The van der Waals surface area contributed by atoms with Crippen LogP contribution in [0.2, 0.25) is 0 Å². The van der Waals surface area contributed by atoms with E-state index in [1.165, 1.54) is 38.5 Å². The van der Waals surface area contributed by atoms with Gasteiger partial charge in [0.2, 0.25) is 0 Å². The lowest BCUT2D eigenvalue weighted by Gasteiger charge is -2.21. The maximum absolute atomic E-state index is 4.32. The fourth-order valence-corrected chi connectivity index (χ4v) is 3.37. The van der Waals surface area contributed by atoms with E-state index in [1.807, 2.05) is 5.38 Å². The molecule has 1 saturated carbocycles. The van der Waals surface area contributed by atoms with Gasteiger partial charge in [0, 0.05) is 11.9 Å². The molecule has 0 bridgehead atoms. The summed E-state index contributed by atoms with van der Waals surface area (Å²) in [5.41, 5.74) is 0. The largest absolute Gasteiger partial charge is 0.361 e. The first-order valence-corrected chi connectivity index (χ1v) is 7.37. The Kier molecular flexibility index (Phi) is 4.44. The molecule has 0 atom stereocenters. The van der Waals surface area contributed by atoms with Crippen LogP contribution in [0, 0.1) is 5.92 Å². The quantitative estimate of drug-likeness (QED) is 0.894. The standard InChI is InChI=1S/C11H17BrN2S/c12-10-8-15-11(14-10)13-7-6-9-4-2-1-3-5-9/h8-9H,1-7H2,(H,13,14). The Morgan fingerprint density at radius 2 is 2.20 bits per heavy atom. The average molecular weight is 289 g/mol. The molecule has 0 spiro atoms.